The van der Waals surface area contributed by atoms with Gasteiger partial charge in [-0.2, -0.15) is 0 Å². The van der Waals surface area contributed by atoms with E-state index in [0.717, 1.165) is 18.5 Å². The van der Waals surface area contributed by atoms with Gasteiger partial charge in [-0.15, -0.1) is 0 Å². The molecule has 0 aliphatic carbocycles. The van der Waals surface area contributed by atoms with Gasteiger partial charge in [0.15, 0.2) is 0 Å². The summed E-state index contributed by atoms with van der Waals surface area (Å²) >= 11 is 0. The van der Waals surface area contributed by atoms with Gasteiger partial charge in [0.25, 0.3) is 0 Å². The molecular formula is C12H14N2. The predicted molar refractivity (Wildman–Crippen MR) is 57.2 cm³/mol. The van der Waals surface area contributed by atoms with Crippen molar-refractivity contribution in [2.45, 2.75) is 19.8 Å². The molecule has 0 unspecified atom stereocenters. The maximum atomic E-state index is 4.19. The molecule has 0 aliphatic heterocycles. The van der Waals surface area contributed by atoms with Gasteiger partial charge in [-0.1, -0.05) is 29.8 Å². The second kappa shape index (κ2) is 4.09. The molecule has 1 heterocycles. The Bertz CT molecular complexity index is 373. The predicted octanol–water partition coefficient (Wildman–Crippen LogP) is 2.50. The number of benzene rings is 1. The molecule has 0 fully saturated rings. The molecule has 0 radical (unpaired) electrons. The van der Waals surface area contributed by atoms with E-state index in [-0.39, 0.29) is 0 Å². The quantitative estimate of drug-likeness (QED) is 0.783. The van der Waals surface area contributed by atoms with E-state index in [1.807, 2.05) is 6.20 Å². The molecule has 1 aromatic heterocycles. The van der Waals surface area contributed by atoms with Crippen LogP contribution in [0.25, 0.3) is 0 Å². The first-order valence-corrected chi connectivity index (χ1v) is 4.88. The molecule has 0 amide bonds. The zero-order valence-corrected chi connectivity index (χ0v) is 8.33. The largest absolute Gasteiger partial charge is 0.351 e. The van der Waals surface area contributed by atoms with Crippen LogP contribution in [0.2, 0.25) is 0 Å². The molecule has 0 saturated carbocycles. The summed E-state index contributed by atoms with van der Waals surface area (Å²) < 4.78 is 0. The van der Waals surface area contributed by atoms with Crippen molar-refractivity contribution in [2.75, 3.05) is 0 Å². The average molecular weight is 186 g/mol. The van der Waals surface area contributed by atoms with Crippen LogP contribution in [0, 0.1) is 6.92 Å². The lowest BCUT2D eigenvalue weighted by molar-refractivity contribution is 0.925. The number of aryl methyl sites for hydroxylation is 3. The second-order valence-corrected chi connectivity index (χ2v) is 3.55. The van der Waals surface area contributed by atoms with Crippen LogP contribution in [0.15, 0.2) is 36.8 Å². The Balaban J connectivity index is 1.95. The van der Waals surface area contributed by atoms with E-state index >= 15 is 0 Å². The molecule has 0 bridgehead atoms. The summed E-state index contributed by atoms with van der Waals surface area (Å²) in [7, 11) is 0. The zero-order valence-electron chi connectivity index (χ0n) is 8.33. The van der Waals surface area contributed by atoms with Crippen LogP contribution in [-0.2, 0) is 12.8 Å². The number of aromatic nitrogens is 2. The maximum Gasteiger partial charge on any atom is 0.0923 e. The Labute approximate surface area is 84.0 Å². The molecule has 1 N–H and O–H groups in total. The van der Waals surface area contributed by atoms with Gasteiger partial charge in [-0.3, -0.25) is 0 Å². The molecular weight excluding hydrogens is 172 g/mol. The first-order valence-electron chi connectivity index (χ1n) is 4.88. The summed E-state index contributed by atoms with van der Waals surface area (Å²) in [5, 5.41) is 0. The van der Waals surface area contributed by atoms with Crippen LogP contribution in [0.3, 0.4) is 0 Å². The molecule has 2 rings (SSSR count). The van der Waals surface area contributed by atoms with E-state index < -0.39 is 0 Å². The molecule has 14 heavy (non-hydrogen) atoms. The monoisotopic (exact) mass is 186 g/mol. The minimum absolute atomic E-state index is 1.01. The van der Waals surface area contributed by atoms with Gasteiger partial charge in [0.2, 0.25) is 0 Å². The van der Waals surface area contributed by atoms with Crippen molar-refractivity contribution in [1.29, 1.82) is 0 Å². The van der Waals surface area contributed by atoms with Crippen molar-refractivity contribution in [2.24, 2.45) is 0 Å². The van der Waals surface area contributed by atoms with E-state index in [2.05, 4.69) is 41.2 Å². The topological polar surface area (TPSA) is 28.7 Å². The molecule has 0 aliphatic rings. The number of rotatable bonds is 3. The van der Waals surface area contributed by atoms with E-state index in [1.54, 1.807) is 6.33 Å². The standard InChI is InChI=1S/C12H14N2/c1-10-2-4-11(5-3-10)6-7-12-8-13-9-14-12/h2-5,8-9H,6-7H2,1H3,(H,13,14). The Morgan fingerprint density at radius 2 is 1.93 bits per heavy atom. The van der Waals surface area contributed by atoms with Crippen molar-refractivity contribution in [3.63, 3.8) is 0 Å². The van der Waals surface area contributed by atoms with Gasteiger partial charge in [-0.05, 0) is 25.3 Å². The summed E-state index contributed by atoms with van der Waals surface area (Å²) in [5.41, 5.74) is 3.82. The maximum absolute atomic E-state index is 4.19. The highest BCUT2D eigenvalue weighted by Crippen LogP contribution is 2.06. The summed E-state index contributed by atoms with van der Waals surface area (Å²) in [6.07, 6.45) is 5.75. The van der Waals surface area contributed by atoms with Gasteiger partial charge in [-0.25, -0.2) is 4.98 Å². The van der Waals surface area contributed by atoms with Crippen LogP contribution in [0.5, 0.6) is 0 Å². The molecule has 2 heteroatoms. The van der Waals surface area contributed by atoms with Crippen molar-refractivity contribution in [1.82, 2.24) is 9.97 Å². The molecule has 0 saturated heterocycles. The van der Waals surface area contributed by atoms with Gasteiger partial charge >= 0.3 is 0 Å². The summed E-state index contributed by atoms with van der Waals surface area (Å²) in [5.74, 6) is 0. The Kier molecular flexibility index (Phi) is 2.63. The van der Waals surface area contributed by atoms with Crippen LogP contribution in [-0.4, -0.2) is 9.97 Å². The minimum atomic E-state index is 1.01. The normalized spacial score (nSPS) is 10.4. The van der Waals surface area contributed by atoms with Crippen molar-refractivity contribution in [3.8, 4) is 0 Å². The molecule has 0 atom stereocenters. The second-order valence-electron chi connectivity index (χ2n) is 3.55. The zero-order chi connectivity index (χ0) is 9.80. The van der Waals surface area contributed by atoms with Gasteiger partial charge < -0.3 is 4.98 Å². The molecule has 0 spiro atoms. The van der Waals surface area contributed by atoms with Crippen LogP contribution < -0.4 is 0 Å². The van der Waals surface area contributed by atoms with Gasteiger partial charge in [0, 0.05) is 6.20 Å². The fourth-order valence-electron chi connectivity index (χ4n) is 1.45. The lowest BCUT2D eigenvalue weighted by Gasteiger charge is -1.99. The first kappa shape index (κ1) is 9.00. The van der Waals surface area contributed by atoms with Crippen LogP contribution >= 0.6 is 0 Å². The molecule has 1 aromatic carbocycles. The highest BCUT2D eigenvalue weighted by Gasteiger charge is 1.96. The molecule has 2 aromatic rings. The number of imidazole rings is 1. The highest BCUT2D eigenvalue weighted by molar-refractivity contribution is 5.21. The van der Waals surface area contributed by atoms with Crippen molar-refractivity contribution in [3.05, 3.63) is 53.6 Å². The Hall–Kier alpha value is -1.57. The third-order valence-corrected chi connectivity index (χ3v) is 2.35. The van der Waals surface area contributed by atoms with E-state index in [4.69, 9.17) is 0 Å². The third kappa shape index (κ3) is 2.22. The number of nitrogens with one attached hydrogen (secondary N) is 1. The fraction of sp³-hybridized carbons (Fsp3) is 0.250. The van der Waals surface area contributed by atoms with E-state index in [0.29, 0.717) is 0 Å². The molecule has 2 nitrogen and oxygen atoms in total. The van der Waals surface area contributed by atoms with Crippen molar-refractivity contribution < 1.29 is 0 Å². The fourth-order valence-corrected chi connectivity index (χ4v) is 1.45. The summed E-state index contributed by atoms with van der Waals surface area (Å²) in [6.45, 7) is 2.11. The van der Waals surface area contributed by atoms with E-state index in [1.165, 1.54) is 11.1 Å². The summed E-state index contributed by atoms with van der Waals surface area (Å²) in [4.78, 5) is 7.16. The minimum Gasteiger partial charge on any atom is -0.351 e. The number of aromatic amines is 1. The number of hydrogen-bond acceptors (Lipinski definition) is 1. The smallest absolute Gasteiger partial charge is 0.0923 e. The lowest BCUT2D eigenvalue weighted by Crippen LogP contribution is -1.91. The van der Waals surface area contributed by atoms with E-state index in [9.17, 15) is 0 Å². The molecule has 72 valence electrons. The van der Waals surface area contributed by atoms with Crippen molar-refractivity contribution >= 4 is 0 Å². The van der Waals surface area contributed by atoms with Gasteiger partial charge in [0.1, 0.15) is 0 Å². The van der Waals surface area contributed by atoms with Crippen LogP contribution in [0.4, 0.5) is 0 Å². The Morgan fingerprint density at radius 1 is 1.14 bits per heavy atom. The SMILES string of the molecule is Cc1ccc(CCc2c[nH]cn2)cc1. The lowest BCUT2D eigenvalue weighted by atomic mass is 10.1. The number of nitrogens with zero attached hydrogens (tertiary/aromatic N) is 1. The van der Waals surface area contributed by atoms with Crippen LogP contribution in [0.1, 0.15) is 16.8 Å². The third-order valence-electron chi connectivity index (χ3n) is 2.35. The Morgan fingerprint density at radius 3 is 2.57 bits per heavy atom. The number of H-pyrrole nitrogens is 1. The van der Waals surface area contributed by atoms with Gasteiger partial charge in [0.05, 0.1) is 12.0 Å². The highest BCUT2D eigenvalue weighted by atomic mass is 14.9. The first-order chi connectivity index (χ1) is 6.84. The average Bonchev–Trinajstić information content (AvgIpc) is 2.70. The summed E-state index contributed by atoms with van der Waals surface area (Å²) in [6, 6.07) is 8.67. The number of hydrogen-bond donors (Lipinski definition) is 1.